The van der Waals surface area contributed by atoms with Gasteiger partial charge in [-0.05, 0) is 68.1 Å². The fourth-order valence-corrected chi connectivity index (χ4v) is 5.66. The van der Waals surface area contributed by atoms with Gasteiger partial charge >= 0.3 is 0 Å². The highest BCUT2D eigenvalue weighted by atomic mass is 32.2. The smallest absolute Gasteiger partial charge is 0.271 e. The van der Waals surface area contributed by atoms with E-state index < -0.39 is 10.0 Å². The Bertz CT molecular complexity index is 1300. The van der Waals surface area contributed by atoms with Crippen molar-refractivity contribution in [2.24, 2.45) is 0 Å². The number of aryl methyl sites for hydroxylation is 3. The monoisotopic (exact) mass is 452 g/mol. The fourth-order valence-electron chi connectivity index (χ4n) is 3.96. The van der Waals surface area contributed by atoms with E-state index in [-0.39, 0.29) is 5.56 Å². The molecule has 1 aromatic heterocycles. The van der Waals surface area contributed by atoms with Crippen LogP contribution in [0, 0.1) is 20.8 Å². The Morgan fingerprint density at radius 3 is 2.34 bits per heavy atom. The molecule has 2 aromatic carbocycles. The van der Waals surface area contributed by atoms with E-state index in [2.05, 4.69) is 5.10 Å². The number of nitrogens with zero attached hydrogens (tertiary/aromatic N) is 4. The molecule has 168 valence electrons. The van der Waals surface area contributed by atoms with Crippen molar-refractivity contribution in [3.05, 3.63) is 81.6 Å². The number of hydrogen-bond acceptors (Lipinski definition) is 5. The van der Waals surface area contributed by atoms with Crippen molar-refractivity contribution >= 4 is 15.8 Å². The van der Waals surface area contributed by atoms with Crippen LogP contribution in [0.5, 0.6) is 0 Å². The van der Waals surface area contributed by atoms with Gasteiger partial charge in [-0.1, -0.05) is 24.3 Å². The molecule has 0 amide bonds. The summed E-state index contributed by atoms with van der Waals surface area (Å²) >= 11 is 0. The molecular formula is C24H28N4O3S. The number of anilines is 1. The topological polar surface area (TPSA) is 75.5 Å². The van der Waals surface area contributed by atoms with Crippen LogP contribution in [0.25, 0.3) is 5.69 Å². The van der Waals surface area contributed by atoms with Gasteiger partial charge in [0.05, 0.1) is 10.6 Å². The normalized spacial score (nSPS) is 15.5. The second-order valence-corrected chi connectivity index (χ2v) is 10.1. The number of rotatable bonds is 4. The van der Waals surface area contributed by atoms with Crippen molar-refractivity contribution in [2.75, 3.05) is 31.1 Å². The first-order chi connectivity index (χ1) is 15.3. The van der Waals surface area contributed by atoms with Crippen LogP contribution in [0.15, 0.2) is 64.3 Å². The number of benzene rings is 2. The zero-order valence-electron chi connectivity index (χ0n) is 18.7. The third-order valence-corrected chi connectivity index (χ3v) is 8.07. The van der Waals surface area contributed by atoms with E-state index in [4.69, 9.17) is 0 Å². The summed E-state index contributed by atoms with van der Waals surface area (Å²) in [6.45, 7) is 7.83. The zero-order valence-corrected chi connectivity index (χ0v) is 19.5. The van der Waals surface area contributed by atoms with Gasteiger partial charge in [-0.15, -0.1) is 5.10 Å². The minimum absolute atomic E-state index is 0.199. The first-order valence-electron chi connectivity index (χ1n) is 10.8. The van der Waals surface area contributed by atoms with Gasteiger partial charge in [0.1, 0.15) is 5.82 Å². The minimum atomic E-state index is -3.56. The third-order valence-electron chi connectivity index (χ3n) is 6.01. The van der Waals surface area contributed by atoms with Crippen LogP contribution in [0.1, 0.15) is 23.1 Å². The molecule has 32 heavy (non-hydrogen) atoms. The molecule has 1 fully saturated rings. The Morgan fingerprint density at radius 1 is 0.812 bits per heavy atom. The summed E-state index contributed by atoms with van der Waals surface area (Å²) in [6, 6.07) is 16.1. The molecule has 0 aliphatic carbocycles. The maximum Gasteiger partial charge on any atom is 0.271 e. The van der Waals surface area contributed by atoms with E-state index in [0.29, 0.717) is 43.3 Å². The molecule has 0 bridgehead atoms. The zero-order chi connectivity index (χ0) is 22.9. The van der Waals surface area contributed by atoms with Gasteiger partial charge < -0.3 is 4.90 Å². The summed E-state index contributed by atoms with van der Waals surface area (Å²) in [5.41, 5.74) is 3.51. The molecule has 0 spiro atoms. The van der Waals surface area contributed by atoms with E-state index in [1.54, 1.807) is 22.5 Å². The molecule has 0 atom stereocenters. The third kappa shape index (κ3) is 4.33. The van der Waals surface area contributed by atoms with Crippen LogP contribution in [-0.2, 0) is 10.0 Å². The molecule has 0 unspecified atom stereocenters. The van der Waals surface area contributed by atoms with E-state index >= 15 is 0 Å². The van der Waals surface area contributed by atoms with Crippen LogP contribution in [0.2, 0.25) is 0 Å². The Labute approximate surface area is 189 Å². The Morgan fingerprint density at radius 2 is 1.59 bits per heavy atom. The molecule has 1 saturated heterocycles. The summed E-state index contributed by atoms with van der Waals surface area (Å²) < 4.78 is 29.3. The van der Waals surface area contributed by atoms with Crippen molar-refractivity contribution in [3.63, 3.8) is 0 Å². The van der Waals surface area contributed by atoms with Crippen molar-refractivity contribution in [1.82, 2.24) is 14.1 Å². The van der Waals surface area contributed by atoms with Gasteiger partial charge in [0, 0.05) is 32.2 Å². The number of sulfonamides is 1. The van der Waals surface area contributed by atoms with Gasteiger partial charge in [-0.25, -0.2) is 8.42 Å². The van der Waals surface area contributed by atoms with Crippen molar-refractivity contribution in [2.45, 2.75) is 32.1 Å². The molecule has 8 heteroatoms. The summed E-state index contributed by atoms with van der Waals surface area (Å²) in [7, 11) is -3.56. The molecule has 7 nitrogen and oxygen atoms in total. The number of hydrogen-bond donors (Lipinski definition) is 0. The van der Waals surface area contributed by atoms with Crippen molar-refractivity contribution in [1.29, 1.82) is 0 Å². The van der Waals surface area contributed by atoms with Crippen molar-refractivity contribution in [3.8, 4) is 5.69 Å². The highest BCUT2D eigenvalue weighted by molar-refractivity contribution is 7.89. The predicted octanol–water partition coefficient (Wildman–Crippen LogP) is 3.06. The highest BCUT2D eigenvalue weighted by Gasteiger charge is 2.28. The molecule has 2 heterocycles. The van der Waals surface area contributed by atoms with Crippen LogP contribution >= 0.6 is 0 Å². The van der Waals surface area contributed by atoms with Gasteiger partial charge in [-0.3, -0.25) is 4.79 Å². The maximum absolute atomic E-state index is 13.2. The Kier molecular flexibility index (Phi) is 6.17. The summed E-state index contributed by atoms with van der Waals surface area (Å²) in [5, 5.41) is 4.60. The largest absolute Gasteiger partial charge is 0.354 e. The van der Waals surface area contributed by atoms with E-state index in [9.17, 15) is 13.2 Å². The van der Waals surface area contributed by atoms with Gasteiger partial charge in [0.25, 0.3) is 5.56 Å². The molecule has 3 aromatic rings. The highest BCUT2D eigenvalue weighted by Crippen LogP contribution is 2.22. The van der Waals surface area contributed by atoms with Crippen LogP contribution in [0.3, 0.4) is 0 Å². The first-order valence-corrected chi connectivity index (χ1v) is 12.2. The first kappa shape index (κ1) is 22.2. The SMILES string of the molecule is Cc1ccc(-n2nc(N3CCCN(S(=O)(=O)c4ccccc4C)CC3)ccc2=O)cc1C. The summed E-state index contributed by atoms with van der Waals surface area (Å²) in [5.74, 6) is 0.665. The Hall–Kier alpha value is -2.97. The van der Waals surface area contributed by atoms with Crippen LogP contribution in [-0.4, -0.2) is 48.7 Å². The lowest BCUT2D eigenvalue weighted by Crippen LogP contribution is -2.36. The molecule has 4 rings (SSSR count). The molecule has 0 N–H and O–H groups in total. The lowest BCUT2D eigenvalue weighted by molar-refractivity contribution is 0.432. The molecule has 1 aliphatic heterocycles. The quantitative estimate of drug-likeness (QED) is 0.608. The van der Waals surface area contributed by atoms with Gasteiger partial charge in [0.15, 0.2) is 0 Å². The second-order valence-electron chi connectivity index (χ2n) is 8.22. The van der Waals surface area contributed by atoms with E-state index in [1.807, 2.05) is 56.0 Å². The van der Waals surface area contributed by atoms with E-state index in [0.717, 1.165) is 22.4 Å². The molecule has 0 saturated carbocycles. The lowest BCUT2D eigenvalue weighted by atomic mass is 10.1. The second kappa shape index (κ2) is 8.88. The van der Waals surface area contributed by atoms with Crippen molar-refractivity contribution < 1.29 is 8.42 Å². The standard InChI is InChI=1S/C24H28N4O3S/c1-18-9-10-21(17-20(18)3)28-24(29)12-11-23(25-28)26-13-6-14-27(16-15-26)32(30,31)22-8-5-4-7-19(22)2/h4-5,7-12,17H,6,13-16H2,1-3H3. The molecule has 0 radical (unpaired) electrons. The van der Waals surface area contributed by atoms with Crippen LogP contribution in [0.4, 0.5) is 5.82 Å². The van der Waals surface area contributed by atoms with Gasteiger partial charge in [0.2, 0.25) is 10.0 Å². The predicted molar refractivity (Wildman–Crippen MR) is 126 cm³/mol. The summed E-state index contributed by atoms with van der Waals surface area (Å²) in [4.78, 5) is 14.9. The van der Waals surface area contributed by atoms with Gasteiger partial charge in [-0.2, -0.15) is 8.99 Å². The van der Waals surface area contributed by atoms with Crippen LogP contribution < -0.4 is 10.5 Å². The summed E-state index contributed by atoms with van der Waals surface area (Å²) in [6.07, 6.45) is 0.676. The average molecular weight is 453 g/mol. The fraction of sp³-hybridized carbons (Fsp3) is 0.333. The lowest BCUT2D eigenvalue weighted by Gasteiger charge is -2.23. The van der Waals surface area contributed by atoms with E-state index in [1.165, 1.54) is 10.7 Å². The average Bonchev–Trinajstić information content (AvgIpc) is 3.03. The maximum atomic E-state index is 13.2. The minimum Gasteiger partial charge on any atom is -0.354 e. The Balaban J connectivity index is 1.58. The molecular weight excluding hydrogens is 424 g/mol. The number of aromatic nitrogens is 2. The molecule has 1 aliphatic rings.